The van der Waals surface area contributed by atoms with Crippen LogP contribution in [0.1, 0.15) is 55.4 Å². The van der Waals surface area contributed by atoms with Crippen molar-refractivity contribution in [2.24, 2.45) is 9.36 Å². The van der Waals surface area contributed by atoms with Gasteiger partial charge in [0.15, 0.2) is 5.54 Å². The maximum atomic E-state index is 15.3. The first-order valence-electron chi connectivity index (χ1n) is 12.5. The van der Waals surface area contributed by atoms with Gasteiger partial charge >= 0.3 is 6.09 Å². The van der Waals surface area contributed by atoms with Crippen LogP contribution in [0, 0.1) is 17.1 Å². The van der Waals surface area contributed by atoms with E-state index in [9.17, 15) is 13.8 Å². The predicted octanol–water partition coefficient (Wildman–Crippen LogP) is 3.57. The normalized spacial score (nSPS) is 22.4. The highest BCUT2D eigenvalue weighted by Crippen LogP contribution is 2.40. The zero-order valence-electron chi connectivity index (χ0n) is 22.4. The Hall–Kier alpha value is -4.26. The first kappa shape index (κ1) is 29.7. The van der Waals surface area contributed by atoms with E-state index in [1.807, 2.05) is 6.07 Å². The van der Waals surface area contributed by atoms with Crippen LogP contribution in [0.5, 0.6) is 0 Å². The van der Waals surface area contributed by atoms with Crippen molar-refractivity contribution in [3.05, 3.63) is 53.2 Å². The lowest BCUT2D eigenvalue weighted by molar-refractivity contribution is 0.0525. The Balaban J connectivity index is 1.80. The van der Waals surface area contributed by atoms with Crippen LogP contribution in [0.4, 0.5) is 23.8 Å². The molecule has 16 heteroatoms. The summed E-state index contributed by atoms with van der Waals surface area (Å²) in [6.07, 6.45) is -2.35. The summed E-state index contributed by atoms with van der Waals surface area (Å²) in [4.78, 5) is 37.2. The number of aliphatic imine (C=N–C) groups is 1. The molecular weight excluding hydrogens is 565 g/mol. The van der Waals surface area contributed by atoms with E-state index in [2.05, 4.69) is 30.0 Å². The molecule has 0 saturated carbocycles. The van der Waals surface area contributed by atoms with Crippen LogP contribution in [0.25, 0.3) is 0 Å². The predicted molar refractivity (Wildman–Crippen MR) is 142 cm³/mol. The van der Waals surface area contributed by atoms with Gasteiger partial charge < -0.3 is 10.1 Å². The number of aromatic nitrogens is 2. The first-order chi connectivity index (χ1) is 19.3. The molecule has 0 fully saturated rings. The number of ether oxygens (including phenoxy) is 1. The van der Waals surface area contributed by atoms with Crippen molar-refractivity contribution in [1.82, 2.24) is 19.6 Å². The highest BCUT2D eigenvalue weighted by Gasteiger charge is 2.54. The Morgan fingerprint density at radius 2 is 1.95 bits per heavy atom. The molecule has 0 aliphatic carbocycles. The van der Waals surface area contributed by atoms with Crippen LogP contribution in [0.3, 0.4) is 0 Å². The van der Waals surface area contributed by atoms with E-state index in [0.29, 0.717) is 12.8 Å². The molecule has 0 saturated heterocycles. The molecule has 218 valence electrons. The van der Waals surface area contributed by atoms with E-state index in [4.69, 9.17) is 10.00 Å². The summed E-state index contributed by atoms with van der Waals surface area (Å²) in [7, 11) is -3.66. The van der Waals surface area contributed by atoms with Crippen LogP contribution < -0.4 is 10.6 Å². The number of rotatable bonds is 4. The molecule has 0 aromatic carbocycles. The number of carbonyl (C=O) groups is 2. The maximum Gasteiger partial charge on any atom is 0.414 e. The van der Waals surface area contributed by atoms with Crippen molar-refractivity contribution in [3.8, 4) is 6.07 Å². The fraction of sp³-hybridized carbons (Fsp3) is 0.440. The van der Waals surface area contributed by atoms with Gasteiger partial charge in [-0.15, -0.1) is 0 Å². The first-order valence-corrected chi connectivity index (χ1v) is 14.1. The average Bonchev–Trinajstić information content (AvgIpc) is 3.09. The Morgan fingerprint density at radius 3 is 2.59 bits per heavy atom. The van der Waals surface area contributed by atoms with Gasteiger partial charge in [-0.2, -0.15) is 5.26 Å². The number of hydrogen-bond acceptors (Lipinski definition) is 9. The van der Waals surface area contributed by atoms with Gasteiger partial charge in [-0.25, -0.2) is 41.5 Å². The lowest BCUT2D eigenvalue weighted by Crippen LogP contribution is -2.58. The molecule has 4 rings (SSSR count). The molecule has 2 atom stereocenters. The van der Waals surface area contributed by atoms with Gasteiger partial charge in [-0.05, 0) is 57.9 Å². The number of amides is 2. The molecule has 0 radical (unpaired) electrons. The number of pyridine rings is 2. The molecule has 2 aliphatic rings. The minimum absolute atomic E-state index is 0.0832. The van der Waals surface area contributed by atoms with E-state index < -0.39 is 62.7 Å². The van der Waals surface area contributed by atoms with Crippen LogP contribution in [-0.4, -0.2) is 67.3 Å². The van der Waals surface area contributed by atoms with Gasteiger partial charge in [0.25, 0.3) is 12.3 Å². The van der Waals surface area contributed by atoms with Crippen LogP contribution >= 0.6 is 0 Å². The van der Waals surface area contributed by atoms with Gasteiger partial charge in [-0.1, -0.05) is 0 Å². The summed E-state index contributed by atoms with van der Waals surface area (Å²) in [6, 6.07) is 6.35. The van der Waals surface area contributed by atoms with E-state index in [0.717, 1.165) is 16.4 Å². The number of alkyl carbamates (subject to hydrolysis) is 1. The Labute approximate surface area is 234 Å². The lowest BCUT2D eigenvalue weighted by atomic mass is 9.97. The number of fused-ring (bicyclic) bond motifs is 1. The number of hydrogen-bond donors (Lipinski definition) is 2. The Morgan fingerprint density at radius 1 is 1.20 bits per heavy atom. The molecule has 2 aromatic heterocycles. The number of alkyl halides is 2. The number of guanidine groups is 1. The van der Waals surface area contributed by atoms with Crippen molar-refractivity contribution < 1.29 is 31.7 Å². The van der Waals surface area contributed by atoms with Gasteiger partial charge in [0.1, 0.15) is 44.6 Å². The number of nitriles is 1. The van der Waals surface area contributed by atoms with E-state index >= 15 is 13.2 Å². The van der Waals surface area contributed by atoms with Gasteiger partial charge in [-0.3, -0.25) is 14.4 Å². The fourth-order valence-corrected chi connectivity index (χ4v) is 6.60. The second-order valence-corrected chi connectivity index (χ2v) is 12.4. The molecular formula is C25H27F3N8O4S. The average molecular weight is 593 g/mol. The van der Waals surface area contributed by atoms with E-state index in [1.54, 1.807) is 20.8 Å². The quantitative estimate of drug-likeness (QED) is 0.548. The summed E-state index contributed by atoms with van der Waals surface area (Å²) >= 11 is 0. The molecule has 41 heavy (non-hydrogen) atoms. The summed E-state index contributed by atoms with van der Waals surface area (Å²) in [5.41, 5.74) is -4.60. The fourth-order valence-electron chi connectivity index (χ4n) is 4.13. The monoisotopic (exact) mass is 592 g/mol. The smallest absolute Gasteiger partial charge is 0.414 e. The third-order valence-corrected chi connectivity index (χ3v) is 8.40. The van der Waals surface area contributed by atoms with Gasteiger partial charge in [0, 0.05) is 12.7 Å². The van der Waals surface area contributed by atoms with Crippen molar-refractivity contribution >= 4 is 33.7 Å². The molecule has 2 aliphatic heterocycles. The largest absolute Gasteiger partial charge is 0.444 e. The maximum absolute atomic E-state index is 15.3. The SMILES string of the molecule is CC(C)(C)OC(=O)NC1=N[C@@](c2nc(NC(=O)c3ccc(C#N)cn3)ccc2F)(C(F)F)C[S@@]2(=O)=NCCCCN12. The second-order valence-electron chi connectivity index (χ2n) is 10.2. The minimum Gasteiger partial charge on any atom is -0.444 e. The van der Waals surface area contributed by atoms with Crippen molar-refractivity contribution in [1.29, 1.82) is 5.26 Å². The summed E-state index contributed by atoms with van der Waals surface area (Å²) in [6.45, 7) is 4.96. The standard InChI is InChI=1S/C25H27F3N8O4S/c1-24(2,3)40-23(38)34-22-35-25(21(27)28,14-41(39)31-10-4-5-11-36(22)41)19-16(26)7-9-18(32-19)33-20(37)17-8-6-15(12-29)13-30-17/h6-9,13,21H,4-5,10-11,14H2,1-3H3,(H,32,33,37)(H,34,35,38)/t25-,41+/m0/s1. The molecule has 2 amide bonds. The molecule has 4 heterocycles. The zero-order valence-corrected chi connectivity index (χ0v) is 23.2. The molecule has 0 unspecified atom stereocenters. The van der Waals surface area contributed by atoms with E-state index in [-0.39, 0.29) is 30.2 Å². The number of carbonyl (C=O) groups excluding carboxylic acids is 2. The highest BCUT2D eigenvalue weighted by atomic mass is 32.2. The third kappa shape index (κ3) is 6.40. The molecule has 2 N–H and O–H groups in total. The molecule has 2 aromatic rings. The Kier molecular flexibility index (Phi) is 8.20. The summed E-state index contributed by atoms with van der Waals surface area (Å²) in [5.74, 6) is -3.76. The van der Waals surface area contributed by atoms with Gasteiger partial charge in [0.2, 0.25) is 5.96 Å². The van der Waals surface area contributed by atoms with Gasteiger partial charge in [0.05, 0.1) is 17.9 Å². The van der Waals surface area contributed by atoms with Crippen molar-refractivity contribution in [3.63, 3.8) is 0 Å². The minimum atomic E-state index is -3.66. The van der Waals surface area contributed by atoms with E-state index in [1.165, 1.54) is 18.3 Å². The van der Waals surface area contributed by atoms with Crippen molar-refractivity contribution in [2.75, 3.05) is 24.2 Å². The number of nitrogens with zero attached hydrogens (tertiary/aromatic N) is 6. The Bertz CT molecular complexity index is 1550. The molecule has 12 nitrogen and oxygen atoms in total. The number of halogens is 3. The topological polar surface area (TPSA) is 162 Å². The lowest BCUT2D eigenvalue weighted by Gasteiger charge is -2.40. The third-order valence-electron chi connectivity index (χ3n) is 5.95. The highest BCUT2D eigenvalue weighted by molar-refractivity contribution is 7.92. The van der Waals surface area contributed by atoms with Crippen molar-refractivity contribution in [2.45, 2.75) is 51.2 Å². The molecule has 0 spiro atoms. The number of nitrogens with one attached hydrogen (secondary N) is 2. The summed E-state index contributed by atoms with van der Waals surface area (Å²) < 4.78 is 69.9. The van der Waals surface area contributed by atoms with Crippen LogP contribution in [-0.2, 0) is 20.2 Å². The summed E-state index contributed by atoms with van der Waals surface area (Å²) in [5, 5.41) is 13.6. The molecule has 0 bridgehead atoms. The number of anilines is 1. The zero-order chi connectivity index (χ0) is 30.0. The van der Waals surface area contributed by atoms with Crippen LogP contribution in [0.2, 0.25) is 0 Å². The second kappa shape index (κ2) is 11.3. The van der Waals surface area contributed by atoms with Crippen LogP contribution in [0.15, 0.2) is 39.8 Å².